The Morgan fingerprint density at radius 3 is 2.22 bits per heavy atom. The van der Waals surface area contributed by atoms with Gasteiger partial charge < -0.3 is 4.74 Å². The molecule has 0 aromatic heterocycles. The lowest BCUT2D eigenvalue weighted by molar-refractivity contribution is -0.274. The Hall–Kier alpha value is -3.18. The van der Waals surface area contributed by atoms with E-state index < -0.39 is 18.0 Å². The van der Waals surface area contributed by atoms with Gasteiger partial charge in [0.05, 0.1) is 0 Å². The molecule has 4 aromatic rings. The van der Waals surface area contributed by atoms with Crippen molar-refractivity contribution < 1.29 is 27.1 Å². The summed E-state index contributed by atoms with van der Waals surface area (Å²) in [6.07, 6.45) is -4.80. The highest BCUT2D eigenvalue weighted by atomic mass is 35.5. The fraction of sp³-hybridized carbons (Fsp3) is 0.167. The summed E-state index contributed by atoms with van der Waals surface area (Å²) in [5.74, 6) is -0.397. The molecule has 4 nitrogen and oxygen atoms in total. The molecule has 0 radical (unpaired) electrons. The van der Waals surface area contributed by atoms with Gasteiger partial charge >= 0.3 is 6.36 Å². The van der Waals surface area contributed by atoms with Crippen molar-refractivity contribution in [3.05, 3.63) is 125 Å². The molecule has 0 aliphatic heterocycles. The first kappa shape index (κ1) is 30.8. The van der Waals surface area contributed by atoms with Crippen molar-refractivity contribution in [1.82, 2.24) is 9.62 Å². The number of rotatable bonds is 12. The molecule has 41 heavy (non-hydrogen) atoms. The molecule has 1 N–H and O–H groups in total. The summed E-state index contributed by atoms with van der Waals surface area (Å²) < 4.78 is 58.0. The number of halogens is 5. The highest BCUT2D eigenvalue weighted by molar-refractivity contribution is 7.99. The molecule has 0 fully saturated rings. The summed E-state index contributed by atoms with van der Waals surface area (Å²) in [6.45, 7) is 1.60. The van der Waals surface area contributed by atoms with Crippen molar-refractivity contribution in [1.29, 1.82) is 0 Å². The zero-order valence-electron chi connectivity index (χ0n) is 21.5. The number of ether oxygens (including phenoxy) is 1. The number of amides is 1. The van der Waals surface area contributed by atoms with E-state index in [2.05, 4.69) is 26.5 Å². The first-order valence-corrected chi connectivity index (χ1v) is 14.6. The summed E-state index contributed by atoms with van der Waals surface area (Å²) in [5, 5.41) is 0.385. The maximum Gasteiger partial charge on any atom is 0.573 e. The Labute approximate surface area is 249 Å². The second-order valence-corrected chi connectivity index (χ2v) is 11.3. The topological polar surface area (TPSA) is 41.6 Å². The van der Waals surface area contributed by atoms with Crippen LogP contribution in [0.3, 0.4) is 0 Å². The number of alkyl halides is 3. The summed E-state index contributed by atoms with van der Waals surface area (Å²) in [7, 11) is 0. The summed E-state index contributed by atoms with van der Waals surface area (Å²) in [5.41, 5.74) is 1.64. The summed E-state index contributed by atoms with van der Waals surface area (Å²) >= 11 is 9.12. The van der Waals surface area contributed by atoms with E-state index in [0.29, 0.717) is 30.2 Å². The van der Waals surface area contributed by atoms with Crippen LogP contribution in [0.2, 0.25) is 5.02 Å². The zero-order chi connectivity index (χ0) is 29.2. The normalized spacial score (nSPS) is 11.5. The van der Waals surface area contributed by atoms with Crippen LogP contribution in [-0.2, 0) is 13.1 Å². The third kappa shape index (κ3) is 10.00. The Balaban J connectivity index is 1.35. The second-order valence-electron chi connectivity index (χ2n) is 8.82. The molecule has 1 amide bonds. The van der Waals surface area contributed by atoms with E-state index in [4.69, 9.17) is 11.6 Å². The monoisotopic (exact) mass is 620 g/mol. The van der Waals surface area contributed by atoms with Crippen molar-refractivity contribution in [2.45, 2.75) is 29.2 Å². The molecule has 0 saturated heterocycles. The van der Waals surface area contributed by atoms with Crippen molar-refractivity contribution >= 4 is 41.2 Å². The van der Waals surface area contributed by atoms with Crippen LogP contribution in [0, 0.1) is 5.82 Å². The quantitative estimate of drug-likeness (QED) is 0.0976. The summed E-state index contributed by atoms with van der Waals surface area (Å²) in [6, 6.07) is 27.0. The van der Waals surface area contributed by atoms with Gasteiger partial charge in [0.25, 0.3) is 5.91 Å². The molecule has 4 aromatic carbocycles. The first-order chi connectivity index (χ1) is 19.7. The van der Waals surface area contributed by atoms with Gasteiger partial charge in [-0.3, -0.25) is 14.4 Å². The van der Waals surface area contributed by atoms with Gasteiger partial charge in [0.2, 0.25) is 0 Å². The minimum Gasteiger partial charge on any atom is -0.406 e. The molecule has 0 saturated carbocycles. The molecule has 11 heteroatoms. The third-order valence-corrected chi connectivity index (χ3v) is 7.95. The molecule has 0 aliphatic rings. The van der Waals surface area contributed by atoms with Crippen LogP contribution < -0.4 is 9.46 Å². The highest BCUT2D eigenvalue weighted by Crippen LogP contribution is 2.25. The Morgan fingerprint density at radius 1 is 0.854 bits per heavy atom. The maximum atomic E-state index is 14.5. The molecule has 4 rings (SSSR count). The number of nitrogens with one attached hydrogen (secondary N) is 1. The lowest BCUT2D eigenvalue weighted by Crippen LogP contribution is -2.26. The number of nitrogens with zero attached hydrogens (tertiary/aromatic N) is 1. The van der Waals surface area contributed by atoms with Crippen molar-refractivity contribution in [2.24, 2.45) is 0 Å². The van der Waals surface area contributed by atoms with Gasteiger partial charge in [-0.2, -0.15) is 0 Å². The average Bonchev–Trinajstić information content (AvgIpc) is 2.94. The van der Waals surface area contributed by atoms with Crippen LogP contribution in [0.25, 0.3) is 0 Å². The fourth-order valence-electron chi connectivity index (χ4n) is 3.82. The number of thioether (sulfide) groups is 1. The molecule has 0 atom stereocenters. The smallest absolute Gasteiger partial charge is 0.406 e. The molecule has 0 bridgehead atoms. The van der Waals surface area contributed by atoms with E-state index in [0.717, 1.165) is 45.2 Å². The summed E-state index contributed by atoms with van der Waals surface area (Å²) in [4.78, 5) is 16.5. The zero-order valence-corrected chi connectivity index (χ0v) is 23.9. The minimum absolute atomic E-state index is 0.194. The third-order valence-electron chi connectivity index (χ3n) is 5.80. The number of carbonyl (C=O) groups excluding carboxylic acids is 1. The van der Waals surface area contributed by atoms with E-state index in [1.165, 1.54) is 18.2 Å². The van der Waals surface area contributed by atoms with E-state index in [-0.39, 0.29) is 11.4 Å². The van der Waals surface area contributed by atoms with Gasteiger partial charge in [-0.15, -0.1) is 24.9 Å². The number of carbonyl (C=O) groups is 1. The molecular formula is C30H25ClF4N2O2S2. The number of hydrogen-bond donors (Lipinski definition) is 1. The second kappa shape index (κ2) is 14.6. The molecule has 0 aliphatic carbocycles. The lowest BCUT2D eigenvalue weighted by atomic mass is 10.1. The molecule has 214 valence electrons. The SMILES string of the molecule is O=C(NSc1ccc(CN(CCSc2ccccc2)Cc2c(F)cccc2Cl)cc1)c1ccc(OC(F)(F)F)cc1. The number of benzene rings is 4. The van der Waals surface area contributed by atoms with Crippen molar-refractivity contribution in [2.75, 3.05) is 12.3 Å². The van der Waals surface area contributed by atoms with Gasteiger partial charge in [-0.1, -0.05) is 48.0 Å². The predicted molar refractivity (Wildman–Crippen MR) is 156 cm³/mol. The largest absolute Gasteiger partial charge is 0.573 e. The van der Waals surface area contributed by atoms with Crippen LogP contribution >= 0.6 is 35.3 Å². The maximum absolute atomic E-state index is 14.5. The molecule has 0 heterocycles. The van der Waals surface area contributed by atoms with Gasteiger partial charge in [-0.25, -0.2) is 4.39 Å². The molecule has 0 spiro atoms. The highest BCUT2D eigenvalue weighted by Gasteiger charge is 2.31. The lowest BCUT2D eigenvalue weighted by Gasteiger charge is -2.23. The number of hydrogen-bond acceptors (Lipinski definition) is 5. The fourth-order valence-corrected chi connectivity index (χ4v) is 5.58. The Bertz CT molecular complexity index is 1400. The van der Waals surface area contributed by atoms with Gasteiger partial charge in [-0.05, 0) is 78.2 Å². The Kier molecular flexibility index (Phi) is 11.0. The minimum atomic E-state index is -4.80. The molecular weight excluding hydrogens is 596 g/mol. The van der Waals surface area contributed by atoms with Crippen molar-refractivity contribution in [3.63, 3.8) is 0 Å². The van der Waals surface area contributed by atoms with Crippen LogP contribution in [0.15, 0.2) is 107 Å². The van der Waals surface area contributed by atoms with Crippen molar-refractivity contribution in [3.8, 4) is 5.75 Å². The standard InChI is InChI=1S/C30H25ClF4N2O2S2/c31-27-7-4-8-28(32)26(27)20-37(17-18-40-24-5-2-1-3-6-24)19-21-9-15-25(16-10-21)41-36-29(38)22-11-13-23(14-12-22)39-30(33,34)35/h1-16H,17-20H2,(H,36,38). The van der Waals surface area contributed by atoms with E-state index in [9.17, 15) is 22.4 Å². The predicted octanol–water partition coefficient (Wildman–Crippen LogP) is 8.61. The van der Waals surface area contributed by atoms with Gasteiger partial charge in [0, 0.05) is 51.3 Å². The van der Waals surface area contributed by atoms with Crippen LogP contribution in [0.1, 0.15) is 21.5 Å². The van der Waals surface area contributed by atoms with Crippen LogP contribution in [-0.4, -0.2) is 29.5 Å². The van der Waals surface area contributed by atoms with E-state index in [1.54, 1.807) is 23.9 Å². The average molecular weight is 621 g/mol. The Morgan fingerprint density at radius 2 is 1.56 bits per heavy atom. The molecule has 0 unspecified atom stereocenters. The van der Waals surface area contributed by atoms with Gasteiger partial charge in [0.1, 0.15) is 11.6 Å². The van der Waals surface area contributed by atoms with E-state index in [1.807, 2.05) is 42.5 Å². The van der Waals surface area contributed by atoms with Gasteiger partial charge in [0.15, 0.2) is 0 Å². The van der Waals surface area contributed by atoms with Crippen LogP contribution in [0.5, 0.6) is 5.75 Å². The van der Waals surface area contributed by atoms with Crippen LogP contribution in [0.4, 0.5) is 17.6 Å². The first-order valence-electron chi connectivity index (χ1n) is 12.4. The van der Waals surface area contributed by atoms with E-state index >= 15 is 0 Å².